The van der Waals surface area contributed by atoms with Gasteiger partial charge in [0.05, 0.1) is 11.9 Å². The van der Waals surface area contributed by atoms with E-state index in [2.05, 4.69) is 21.4 Å². The van der Waals surface area contributed by atoms with Gasteiger partial charge in [-0.05, 0) is 23.6 Å². The molecule has 0 unspecified atom stereocenters. The number of hydrogen-bond donors (Lipinski definition) is 1. The van der Waals surface area contributed by atoms with Crippen LogP contribution in [0.25, 0.3) is 0 Å². The minimum Gasteiger partial charge on any atom is -0.381 e. The van der Waals surface area contributed by atoms with Gasteiger partial charge in [-0.3, -0.25) is 9.69 Å². The monoisotopic (exact) mass is 352 g/mol. The van der Waals surface area contributed by atoms with Crippen molar-refractivity contribution in [2.75, 3.05) is 25.0 Å². The first-order valence-corrected chi connectivity index (χ1v) is 8.26. The first-order valence-electron chi connectivity index (χ1n) is 7.50. The molecule has 7 heteroatoms. The van der Waals surface area contributed by atoms with E-state index in [1.54, 1.807) is 13.2 Å². The third kappa shape index (κ3) is 3.52. The zero-order valence-electron chi connectivity index (χ0n) is 12.9. The summed E-state index contributed by atoms with van der Waals surface area (Å²) >= 11 is 12.3. The molecule has 0 spiro atoms. The van der Waals surface area contributed by atoms with Crippen molar-refractivity contribution in [3.8, 4) is 0 Å². The number of rotatable bonds is 4. The fraction of sp³-hybridized carbons (Fsp3) is 0.375. The lowest BCUT2D eigenvalue weighted by molar-refractivity contribution is 0.264. The average Bonchev–Trinajstić information content (AvgIpc) is 2.55. The lowest BCUT2D eigenvalue weighted by Crippen LogP contribution is -2.34. The van der Waals surface area contributed by atoms with Crippen LogP contribution < -0.4 is 10.9 Å². The molecule has 1 aliphatic rings. The van der Waals surface area contributed by atoms with Crippen molar-refractivity contribution in [2.24, 2.45) is 7.05 Å². The standard InChI is InChI=1S/C16H18Cl2N4O/c1-21-16(23)15(18)14(9-20-21)19-6-8-22-7-5-12-11(10-22)3-2-4-13(12)17/h2-4,9,19H,5-8,10H2,1H3. The number of nitrogens with zero attached hydrogens (tertiary/aromatic N) is 3. The molecule has 0 aliphatic carbocycles. The van der Waals surface area contributed by atoms with E-state index in [1.807, 2.05) is 12.1 Å². The van der Waals surface area contributed by atoms with Crippen molar-refractivity contribution in [1.29, 1.82) is 0 Å². The van der Waals surface area contributed by atoms with Gasteiger partial charge in [0.2, 0.25) is 0 Å². The van der Waals surface area contributed by atoms with E-state index in [0.29, 0.717) is 12.2 Å². The summed E-state index contributed by atoms with van der Waals surface area (Å²) in [7, 11) is 1.58. The highest BCUT2D eigenvalue weighted by Gasteiger charge is 2.17. The molecule has 0 amide bonds. The zero-order chi connectivity index (χ0) is 16.4. The number of fused-ring (bicyclic) bond motifs is 1. The highest BCUT2D eigenvalue weighted by Crippen LogP contribution is 2.25. The van der Waals surface area contributed by atoms with Gasteiger partial charge < -0.3 is 5.32 Å². The van der Waals surface area contributed by atoms with Crippen LogP contribution in [0.15, 0.2) is 29.2 Å². The third-order valence-corrected chi connectivity index (χ3v) is 4.83. The number of benzene rings is 1. The average molecular weight is 353 g/mol. The second-order valence-corrected chi connectivity index (χ2v) is 6.42. The van der Waals surface area contributed by atoms with E-state index < -0.39 is 0 Å². The van der Waals surface area contributed by atoms with Crippen molar-refractivity contribution in [2.45, 2.75) is 13.0 Å². The van der Waals surface area contributed by atoms with Crippen LogP contribution in [0.4, 0.5) is 5.69 Å². The Hall–Kier alpha value is -1.56. The highest BCUT2D eigenvalue weighted by atomic mass is 35.5. The first kappa shape index (κ1) is 16.3. The summed E-state index contributed by atoms with van der Waals surface area (Å²) in [6.07, 6.45) is 2.54. The smallest absolute Gasteiger partial charge is 0.287 e. The molecule has 1 N–H and O–H groups in total. The minimum atomic E-state index is -0.293. The van der Waals surface area contributed by atoms with Gasteiger partial charge in [0.25, 0.3) is 5.56 Å². The van der Waals surface area contributed by atoms with Crippen LogP contribution in [0.2, 0.25) is 10.0 Å². The Labute approximate surface area is 144 Å². The Bertz CT molecular complexity index is 775. The van der Waals surface area contributed by atoms with Gasteiger partial charge in [0, 0.05) is 38.2 Å². The van der Waals surface area contributed by atoms with E-state index in [4.69, 9.17) is 23.2 Å². The molecule has 1 aromatic carbocycles. The number of aryl methyl sites for hydroxylation is 1. The molecule has 3 rings (SSSR count). The molecular formula is C16H18Cl2N4O. The molecular weight excluding hydrogens is 335 g/mol. The number of nitrogens with one attached hydrogen (secondary N) is 1. The molecule has 0 fully saturated rings. The second kappa shape index (κ2) is 6.91. The maximum absolute atomic E-state index is 11.7. The molecule has 2 aromatic rings. The van der Waals surface area contributed by atoms with Crippen LogP contribution in [0, 0.1) is 0 Å². The molecule has 0 bridgehead atoms. The molecule has 122 valence electrons. The van der Waals surface area contributed by atoms with E-state index >= 15 is 0 Å². The topological polar surface area (TPSA) is 50.2 Å². The van der Waals surface area contributed by atoms with Crippen LogP contribution in [0.5, 0.6) is 0 Å². The number of halogens is 2. The third-order valence-electron chi connectivity index (χ3n) is 4.11. The first-order chi connectivity index (χ1) is 11.1. The van der Waals surface area contributed by atoms with Crippen molar-refractivity contribution in [3.63, 3.8) is 0 Å². The highest BCUT2D eigenvalue weighted by molar-refractivity contribution is 6.33. The second-order valence-electron chi connectivity index (χ2n) is 5.63. The lowest BCUT2D eigenvalue weighted by Gasteiger charge is -2.29. The summed E-state index contributed by atoms with van der Waals surface area (Å²) in [5.41, 5.74) is 2.84. The van der Waals surface area contributed by atoms with Gasteiger partial charge in [0.1, 0.15) is 5.02 Å². The molecule has 1 aromatic heterocycles. The van der Waals surface area contributed by atoms with Gasteiger partial charge in [-0.1, -0.05) is 35.3 Å². The van der Waals surface area contributed by atoms with Crippen molar-refractivity contribution >= 4 is 28.9 Å². The Kier molecular flexibility index (Phi) is 4.90. The number of hydrogen-bond acceptors (Lipinski definition) is 4. The molecule has 23 heavy (non-hydrogen) atoms. The van der Waals surface area contributed by atoms with Gasteiger partial charge in [-0.15, -0.1) is 0 Å². The van der Waals surface area contributed by atoms with Crippen LogP contribution in [0.1, 0.15) is 11.1 Å². The molecule has 5 nitrogen and oxygen atoms in total. The Morgan fingerprint density at radius 1 is 1.35 bits per heavy atom. The van der Waals surface area contributed by atoms with E-state index in [1.165, 1.54) is 15.8 Å². The summed E-state index contributed by atoms with van der Waals surface area (Å²) in [4.78, 5) is 14.1. The SMILES string of the molecule is Cn1ncc(NCCN2CCc3c(Cl)cccc3C2)c(Cl)c1=O. The normalized spacial score (nSPS) is 14.6. The molecule has 0 saturated carbocycles. The van der Waals surface area contributed by atoms with E-state index in [0.717, 1.165) is 31.1 Å². The molecule has 1 aliphatic heterocycles. The zero-order valence-corrected chi connectivity index (χ0v) is 14.4. The fourth-order valence-corrected chi connectivity index (χ4v) is 3.32. The number of aromatic nitrogens is 2. The van der Waals surface area contributed by atoms with E-state index in [9.17, 15) is 4.79 Å². The van der Waals surface area contributed by atoms with Gasteiger partial charge in [-0.25, -0.2) is 4.68 Å². The van der Waals surface area contributed by atoms with Gasteiger partial charge in [-0.2, -0.15) is 5.10 Å². The molecule has 2 heterocycles. The minimum absolute atomic E-state index is 0.179. The van der Waals surface area contributed by atoms with Crippen LogP contribution >= 0.6 is 23.2 Å². The summed E-state index contributed by atoms with van der Waals surface area (Å²) in [5.74, 6) is 0. The maximum atomic E-state index is 11.7. The molecule has 0 atom stereocenters. The summed E-state index contributed by atoms with van der Waals surface area (Å²) in [6, 6.07) is 6.07. The van der Waals surface area contributed by atoms with E-state index in [-0.39, 0.29) is 10.6 Å². The summed E-state index contributed by atoms with van der Waals surface area (Å²) in [5, 5.41) is 8.20. The Morgan fingerprint density at radius 3 is 3.00 bits per heavy atom. The fourth-order valence-electron chi connectivity index (χ4n) is 2.79. The maximum Gasteiger partial charge on any atom is 0.287 e. The molecule has 0 saturated heterocycles. The quantitative estimate of drug-likeness (QED) is 0.918. The number of anilines is 1. The Morgan fingerprint density at radius 2 is 2.17 bits per heavy atom. The summed E-state index contributed by atoms with van der Waals surface area (Å²) in [6.45, 7) is 3.42. The van der Waals surface area contributed by atoms with Crippen LogP contribution in [-0.4, -0.2) is 34.3 Å². The predicted molar refractivity (Wildman–Crippen MR) is 93.4 cm³/mol. The summed E-state index contributed by atoms with van der Waals surface area (Å²) < 4.78 is 1.22. The predicted octanol–water partition coefficient (Wildman–Crippen LogP) is 2.56. The van der Waals surface area contributed by atoms with Crippen molar-refractivity contribution in [3.05, 3.63) is 55.9 Å². The van der Waals surface area contributed by atoms with Gasteiger partial charge in [0.15, 0.2) is 0 Å². The van der Waals surface area contributed by atoms with Crippen molar-refractivity contribution in [1.82, 2.24) is 14.7 Å². The lowest BCUT2D eigenvalue weighted by atomic mass is 10.00. The van der Waals surface area contributed by atoms with Crippen LogP contribution in [0.3, 0.4) is 0 Å². The van der Waals surface area contributed by atoms with Crippen molar-refractivity contribution < 1.29 is 0 Å². The largest absolute Gasteiger partial charge is 0.381 e. The molecule has 0 radical (unpaired) electrons. The Balaban J connectivity index is 1.58. The van der Waals surface area contributed by atoms with Crippen LogP contribution in [-0.2, 0) is 20.0 Å². The van der Waals surface area contributed by atoms with Gasteiger partial charge >= 0.3 is 0 Å².